The van der Waals surface area contributed by atoms with Gasteiger partial charge in [-0.3, -0.25) is 4.79 Å². The van der Waals surface area contributed by atoms with Crippen LogP contribution in [0.25, 0.3) is 10.8 Å². The van der Waals surface area contributed by atoms with Gasteiger partial charge < -0.3 is 14.5 Å². The van der Waals surface area contributed by atoms with Gasteiger partial charge in [0, 0.05) is 13.7 Å². The molecule has 6 heteroatoms. The van der Waals surface area contributed by atoms with Gasteiger partial charge in [0.1, 0.15) is 5.76 Å². The van der Waals surface area contributed by atoms with Gasteiger partial charge in [-0.05, 0) is 18.4 Å². The summed E-state index contributed by atoms with van der Waals surface area (Å²) < 4.78 is 10.5. The summed E-state index contributed by atoms with van der Waals surface area (Å²) in [5.41, 5.74) is 0.679. The Morgan fingerprint density at radius 3 is 3.11 bits per heavy atom. The van der Waals surface area contributed by atoms with Gasteiger partial charge >= 0.3 is 0 Å². The molecule has 0 aliphatic rings. The molecule has 0 unspecified atom stereocenters. The third-order valence-corrected chi connectivity index (χ3v) is 3.44. The van der Waals surface area contributed by atoms with Crippen LogP contribution in [0.3, 0.4) is 0 Å². The molecule has 19 heavy (non-hydrogen) atoms. The zero-order valence-corrected chi connectivity index (χ0v) is 11.8. The van der Waals surface area contributed by atoms with E-state index in [4.69, 9.17) is 9.15 Å². The van der Waals surface area contributed by atoms with Crippen molar-refractivity contribution in [2.24, 2.45) is 0 Å². The van der Waals surface area contributed by atoms with Crippen LogP contribution in [0.15, 0.2) is 21.9 Å². The number of hydrogen-bond donors (Lipinski definition) is 1. The Kier molecular flexibility index (Phi) is 4.70. The number of hydrogen-bond acceptors (Lipinski definition) is 5. The van der Waals surface area contributed by atoms with Crippen molar-refractivity contribution in [1.82, 2.24) is 10.3 Å². The van der Waals surface area contributed by atoms with E-state index >= 15 is 0 Å². The van der Waals surface area contributed by atoms with Gasteiger partial charge in [-0.25, -0.2) is 4.98 Å². The predicted molar refractivity (Wildman–Crippen MR) is 73.1 cm³/mol. The first-order valence-electron chi connectivity index (χ1n) is 5.96. The molecule has 0 saturated heterocycles. The second-order valence-corrected chi connectivity index (χ2v) is 4.97. The normalized spacial score (nSPS) is 10.6. The molecule has 0 spiro atoms. The minimum Gasteiger partial charge on any atom is -0.440 e. The first-order valence-corrected chi connectivity index (χ1v) is 6.84. The van der Waals surface area contributed by atoms with E-state index in [9.17, 15) is 4.79 Å². The number of carbonyl (C=O) groups is 1. The molecule has 1 N–H and O–H groups in total. The monoisotopic (exact) mass is 280 g/mol. The number of amides is 1. The van der Waals surface area contributed by atoms with Gasteiger partial charge in [0.2, 0.25) is 11.8 Å². The lowest BCUT2D eigenvalue weighted by atomic mass is 10.2. The average Bonchev–Trinajstić information content (AvgIpc) is 3.00. The summed E-state index contributed by atoms with van der Waals surface area (Å²) in [6.45, 7) is 2.83. The summed E-state index contributed by atoms with van der Waals surface area (Å²) >= 11 is 1.56. The van der Waals surface area contributed by atoms with Crippen LogP contribution in [0.2, 0.25) is 0 Å². The van der Waals surface area contributed by atoms with Crippen LogP contribution in [0.5, 0.6) is 0 Å². The molecule has 0 radical (unpaired) electrons. The van der Waals surface area contributed by atoms with Crippen LogP contribution in [-0.4, -0.2) is 31.2 Å². The molecule has 2 aromatic heterocycles. The van der Waals surface area contributed by atoms with Crippen LogP contribution >= 0.6 is 11.3 Å². The Hall–Kier alpha value is -1.66. The van der Waals surface area contributed by atoms with Crippen molar-refractivity contribution in [2.75, 3.05) is 20.3 Å². The molecule has 1 amide bonds. The fraction of sp³-hybridized carbons (Fsp3) is 0.385. The van der Waals surface area contributed by atoms with Crippen molar-refractivity contribution >= 4 is 17.2 Å². The third kappa shape index (κ3) is 3.65. The molecule has 2 heterocycles. The summed E-state index contributed by atoms with van der Waals surface area (Å²) in [4.78, 5) is 17.0. The van der Waals surface area contributed by atoms with Crippen LogP contribution < -0.4 is 5.32 Å². The van der Waals surface area contributed by atoms with Gasteiger partial charge in [-0.1, -0.05) is 6.07 Å². The summed E-state index contributed by atoms with van der Waals surface area (Å²) in [5, 5.41) is 4.72. The Morgan fingerprint density at radius 1 is 1.58 bits per heavy atom. The number of rotatable bonds is 6. The minimum absolute atomic E-state index is 0.0776. The highest BCUT2D eigenvalue weighted by Crippen LogP contribution is 2.25. The molecule has 0 atom stereocenters. The summed E-state index contributed by atoms with van der Waals surface area (Å²) in [5.74, 6) is 1.18. The number of oxazole rings is 1. The van der Waals surface area contributed by atoms with Crippen LogP contribution in [0, 0.1) is 6.92 Å². The summed E-state index contributed by atoms with van der Waals surface area (Å²) in [6.07, 6.45) is 0.227. The molecule has 0 aliphatic carbocycles. The molecule has 0 aromatic carbocycles. The van der Waals surface area contributed by atoms with Crippen molar-refractivity contribution in [1.29, 1.82) is 0 Å². The Bertz CT molecular complexity index is 534. The highest BCUT2D eigenvalue weighted by atomic mass is 32.1. The standard InChI is InChI=1S/C13H16N2O3S/c1-9-10(8-12(16)14-5-6-17-2)15-13(18-9)11-4-3-7-19-11/h3-4,7H,5-6,8H2,1-2H3,(H,14,16). The lowest BCUT2D eigenvalue weighted by Gasteiger charge is -2.02. The van der Waals surface area contributed by atoms with Crippen molar-refractivity contribution in [3.05, 3.63) is 29.0 Å². The highest BCUT2D eigenvalue weighted by molar-refractivity contribution is 7.13. The van der Waals surface area contributed by atoms with E-state index < -0.39 is 0 Å². The van der Waals surface area contributed by atoms with E-state index in [1.54, 1.807) is 18.4 Å². The number of methoxy groups -OCH3 is 1. The average molecular weight is 280 g/mol. The predicted octanol–water partition coefficient (Wildman–Crippen LogP) is 2.02. The Morgan fingerprint density at radius 2 is 2.42 bits per heavy atom. The number of aromatic nitrogens is 1. The number of carbonyl (C=O) groups excluding carboxylic acids is 1. The molecule has 5 nitrogen and oxygen atoms in total. The maximum atomic E-state index is 11.7. The Balaban J connectivity index is 1.99. The van der Waals surface area contributed by atoms with E-state index in [0.717, 1.165) is 4.88 Å². The van der Waals surface area contributed by atoms with Crippen molar-refractivity contribution in [2.45, 2.75) is 13.3 Å². The van der Waals surface area contributed by atoms with E-state index in [0.29, 0.717) is 30.5 Å². The number of nitrogens with zero attached hydrogens (tertiary/aromatic N) is 1. The third-order valence-electron chi connectivity index (χ3n) is 2.58. The van der Waals surface area contributed by atoms with Gasteiger partial charge in [0.05, 0.1) is 23.6 Å². The molecule has 2 aromatic rings. The van der Waals surface area contributed by atoms with E-state index in [-0.39, 0.29) is 12.3 Å². The van der Waals surface area contributed by atoms with Crippen LogP contribution in [0.4, 0.5) is 0 Å². The van der Waals surface area contributed by atoms with E-state index in [2.05, 4.69) is 10.3 Å². The maximum absolute atomic E-state index is 11.7. The lowest BCUT2D eigenvalue weighted by Crippen LogP contribution is -2.28. The molecule has 0 saturated carbocycles. The van der Waals surface area contributed by atoms with Crippen molar-refractivity contribution in [3.63, 3.8) is 0 Å². The van der Waals surface area contributed by atoms with Gasteiger partial charge in [-0.2, -0.15) is 0 Å². The van der Waals surface area contributed by atoms with E-state index in [1.165, 1.54) is 0 Å². The second kappa shape index (κ2) is 6.49. The first kappa shape index (κ1) is 13.8. The van der Waals surface area contributed by atoms with Crippen molar-refractivity contribution in [3.8, 4) is 10.8 Å². The molecule has 2 rings (SSSR count). The lowest BCUT2D eigenvalue weighted by molar-refractivity contribution is -0.120. The summed E-state index contributed by atoms with van der Waals surface area (Å²) in [6, 6.07) is 3.88. The molecule has 0 fully saturated rings. The smallest absolute Gasteiger partial charge is 0.236 e. The zero-order chi connectivity index (χ0) is 13.7. The molecule has 0 aliphatic heterocycles. The fourth-order valence-electron chi connectivity index (χ4n) is 1.60. The van der Waals surface area contributed by atoms with Crippen molar-refractivity contribution < 1.29 is 13.9 Å². The number of aryl methyl sites for hydroxylation is 1. The van der Waals surface area contributed by atoms with Gasteiger partial charge in [-0.15, -0.1) is 11.3 Å². The zero-order valence-electron chi connectivity index (χ0n) is 10.9. The first-order chi connectivity index (χ1) is 9.20. The molecular formula is C13H16N2O3S. The highest BCUT2D eigenvalue weighted by Gasteiger charge is 2.14. The maximum Gasteiger partial charge on any atom is 0.236 e. The molecule has 0 bridgehead atoms. The number of ether oxygens (including phenoxy) is 1. The van der Waals surface area contributed by atoms with Crippen LogP contribution in [0.1, 0.15) is 11.5 Å². The largest absolute Gasteiger partial charge is 0.440 e. The van der Waals surface area contributed by atoms with Crippen LogP contribution in [-0.2, 0) is 16.0 Å². The fourth-order valence-corrected chi connectivity index (χ4v) is 2.25. The summed E-state index contributed by atoms with van der Waals surface area (Å²) in [7, 11) is 1.60. The second-order valence-electron chi connectivity index (χ2n) is 4.02. The molecule has 102 valence electrons. The minimum atomic E-state index is -0.0776. The van der Waals surface area contributed by atoms with E-state index in [1.807, 2.05) is 24.4 Å². The Labute approximate surface area is 115 Å². The quantitative estimate of drug-likeness (QED) is 0.822. The van der Waals surface area contributed by atoms with Gasteiger partial charge in [0.25, 0.3) is 0 Å². The topological polar surface area (TPSA) is 64.4 Å². The number of nitrogens with one attached hydrogen (secondary N) is 1. The molecular weight excluding hydrogens is 264 g/mol. The van der Waals surface area contributed by atoms with Gasteiger partial charge in [0.15, 0.2) is 0 Å². The SMILES string of the molecule is COCCNC(=O)Cc1nc(-c2cccs2)oc1C. The number of thiophene rings is 1.